The third-order valence-corrected chi connectivity index (χ3v) is 7.13. The van der Waals surface area contributed by atoms with Crippen LogP contribution in [0.4, 0.5) is 0 Å². The maximum Gasteiger partial charge on any atom is 0.252 e. The number of methoxy groups -OCH3 is 2. The topological polar surface area (TPSA) is 107 Å². The lowest BCUT2D eigenvalue weighted by Crippen LogP contribution is -2.33. The average Bonchev–Trinajstić information content (AvgIpc) is 3.62. The number of aromatic amines is 1. The quantitative estimate of drug-likeness (QED) is 0.319. The van der Waals surface area contributed by atoms with Crippen molar-refractivity contribution in [2.75, 3.05) is 20.8 Å². The first-order valence-corrected chi connectivity index (χ1v) is 13.0. The zero-order valence-corrected chi connectivity index (χ0v) is 22.1. The summed E-state index contributed by atoms with van der Waals surface area (Å²) < 4.78 is 18.4. The van der Waals surface area contributed by atoms with Gasteiger partial charge in [0.2, 0.25) is 0 Å². The molecule has 10 nitrogen and oxygen atoms in total. The zero-order valence-electron chi connectivity index (χ0n) is 22.1. The molecular formula is C28H34N6O4. The van der Waals surface area contributed by atoms with Crippen molar-refractivity contribution < 1.29 is 14.2 Å². The Labute approximate surface area is 221 Å². The second-order valence-corrected chi connectivity index (χ2v) is 9.61. The summed E-state index contributed by atoms with van der Waals surface area (Å²) in [5.74, 6) is 2.31. The van der Waals surface area contributed by atoms with Crippen LogP contribution in [-0.2, 0) is 24.4 Å². The van der Waals surface area contributed by atoms with E-state index in [0.29, 0.717) is 25.2 Å². The van der Waals surface area contributed by atoms with Gasteiger partial charge in [0, 0.05) is 36.2 Å². The van der Waals surface area contributed by atoms with Gasteiger partial charge in [-0.1, -0.05) is 19.1 Å². The molecule has 0 saturated carbocycles. The molecule has 0 radical (unpaired) electrons. The van der Waals surface area contributed by atoms with Gasteiger partial charge in [-0.2, -0.15) is 0 Å². The number of ether oxygens (including phenoxy) is 3. The van der Waals surface area contributed by atoms with Crippen molar-refractivity contribution in [3.05, 3.63) is 75.8 Å². The first-order chi connectivity index (χ1) is 18.6. The molecule has 2 atom stereocenters. The van der Waals surface area contributed by atoms with Gasteiger partial charge in [-0.15, -0.1) is 5.10 Å². The second-order valence-electron chi connectivity index (χ2n) is 9.61. The van der Waals surface area contributed by atoms with E-state index in [1.54, 1.807) is 14.2 Å². The molecule has 0 spiro atoms. The Morgan fingerprint density at radius 3 is 2.61 bits per heavy atom. The lowest BCUT2D eigenvalue weighted by Gasteiger charge is -2.30. The van der Waals surface area contributed by atoms with E-state index in [1.807, 2.05) is 53.2 Å². The van der Waals surface area contributed by atoms with Crippen LogP contribution >= 0.6 is 0 Å². The minimum absolute atomic E-state index is 0.114. The maximum atomic E-state index is 13.2. The fourth-order valence-corrected chi connectivity index (χ4v) is 5.10. The van der Waals surface area contributed by atoms with Crippen molar-refractivity contribution in [1.82, 2.24) is 30.1 Å². The van der Waals surface area contributed by atoms with E-state index in [0.717, 1.165) is 59.7 Å². The van der Waals surface area contributed by atoms with Crippen molar-refractivity contribution in [3.63, 3.8) is 0 Å². The number of hydrogen-bond acceptors (Lipinski definition) is 8. The number of H-pyrrole nitrogens is 1. The molecule has 38 heavy (non-hydrogen) atoms. The lowest BCUT2D eigenvalue weighted by atomic mass is 10.1. The molecule has 2 aromatic heterocycles. The van der Waals surface area contributed by atoms with Crippen LogP contribution in [0.2, 0.25) is 0 Å². The number of fused-ring (bicyclic) bond motifs is 1. The number of benzene rings is 2. The summed E-state index contributed by atoms with van der Waals surface area (Å²) >= 11 is 0. The average molecular weight is 519 g/mol. The Morgan fingerprint density at radius 2 is 1.89 bits per heavy atom. The van der Waals surface area contributed by atoms with Gasteiger partial charge < -0.3 is 19.2 Å². The van der Waals surface area contributed by atoms with Crippen LogP contribution in [0.5, 0.6) is 11.5 Å². The predicted molar refractivity (Wildman–Crippen MR) is 143 cm³/mol. The molecule has 1 aliphatic heterocycles. The van der Waals surface area contributed by atoms with E-state index in [9.17, 15) is 4.79 Å². The number of tetrazole rings is 1. The molecule has 0 amide bonds. The molecule has 3 heterocycles. The zero-order chi connectivity index (χ0) is 26.5. The number of nitrogens with zero attached hydrogens (tertiary/aromatic N) is 5. The van der Waals surface area contributed by atoms with Crippen molar-refractivity contribution >= 4 is 10.9 Å². The predicted octanol–water partition coefficient (Wildman–Crippen LogP) is 3.86. The van der Waals surface area contributed by atoms with Crippen LogP contribution in [0.25, 0.3) is 10.9 Å². The van der Waals surface area contributed by atoms with Crippen molar-refractivity contribution in [1.29, 1.82) is 0 Å². The SMILES string of the molecule is CC[C@H](c1nnnn1C[C@H]1CCCO1)N(Cc1ccc(OC)cc1)Cc1cc2cc(OC)ccc2[nH]c1=O. The van der Waals surface area contributed by atoms with Crippen LogP contribution in [0, 0.1) is 0 Å². The first kappa shape index (κ1) is 25.9. The maximum absolute atomic E-state index is 13.2. The van der Waals surface area contributed by atoms with Crippen molar-refractivity contribution in [2.24, 2.45) is 0 Å². The second kappa shape index (κ2) is 11.7. The number of aromatic nitrogens is 5. The molecule has 0 bridgehead atoms. The van der Waals surface area contributed by atoms with Gasteiger partial charge in [0.25, 0.3) is 5.56 Å². The van der Waals surface area contributed by atoms with Crippen LogP contribution in [0.1, 0.15) is 49.2 Å². The van der Waals surface area contributed by atoms with Crippen LogP contribution < -0.4 is 15.0 Å². The summed E-state index contributed by atoms with van der Waals surface area (Å²) in [6.07, 6.45) is 2.93. The van der Waals surface area contributed by atoms with Gasteiger partial charge in [0.05, 0.1) is 32.9 Å². The van der Waals surface area contributed by atoms with E-state index in [2.05, 4.69) is 32.3 Å². The van der Waals surface area contributed by atoms with E-state index in [1.165, 1.54) is 0 Å². The molecule has 1 saturated heterocycles. The number of rotatable bonds is 11. The van der Waals surface area contributed by atoms with Crippen molar-refractivity contribution in [2.45, 2.75) is 58.0 Å². The van der Waals surface area contributed by atoms with Crippen molar-refractivity contribution in [3.8, 4) is 11.5 Å². The summed E-state index contributed by atoms with van der Waals surface area (Å²) in [6.45, 7) is 4.53. The van der Waals surface area contributed by atoms with E-state index in [4.69, 9.17) is 14.2 Å². The molecule has 1 aliphatic rings. The fourth-order valence-electron chi connectivity index (χ4n) is 5.10. The largest absolute Gasteiger partial charge is 0.497 e. The minimum atomic E-state index is -0.117. The van der Waals surface area contributed by atoms with Crippen LogP contribution in [-0.4, -0.2) is 57.0 Å². The Kier molecular flexibility index (Phi) is 8.00. The molecule has 1 N–H and O–H groups in total. The molecule has 0 unspecified atom stereocenters. The first-order valence-electron chi connectivity index (χ1n) is 13.0. The highest BCUT2D eigenvalue weighted by Crippen LogP contribution is 2.28. The number of nitrogens with one attached hydrogen (secondary N) is 1. The summed E-state index contributed by atoms with van der Waals surface area (Å²) in [7, 11) is 3.29. The van der Waals surface area contributed by atoms with Gasteiger partial charge in [0.15, 0.2) is 5.82 Å². The standard InChI is InChI=1S/C28H34N6O4/c1-4-26(27-30-31-32-34(27)18-24-6-5-13-38-24)33(16-19-7-9-22(36-2)10-8-19)17-21-14-20-15-23(37-3)11-12-25(20)29-28(21)35/h7-12,14-15,24,26H,4-6,13,16-18H2,1-3H3,(H,29,35)/t24-,26-/m1/s1. The molecular weight excluding hydrogens is 484 g/mol. The third-order valence-electron chi connectivity index (χ3n) is 7.13. The highest BCUT2D eigenvalue weighted by Gasteiger charge is 2.28. The van der Waals surface area contributed by atoms with Gasteiger partial charge in [-0.3, -0.25) is 9.69 Å². The highest BCUT2D eigenvalue weighted by molar-refractivity contribution is 5.80. The smallest absolute Gasteiger partial charge is 0.252 e. The van der Waals surface area contributed by atoms with Gasteiger partial charge >= 0.3 is 0 Å². The van der Waals surface area contributed by atoms with Gasteiger partial charge in [-0.05, 0) is 71.7 Å². The molecule has 200 valence electrons. The van der Waals surface area contributed by atoms with E-state index in [-0.39, 0.29) is 17.7 Å². The van der Waals surface area contributed by atoms with Gasteiger partial charge in [0.1, 0.15) is 11.5 Å². The highest BCUT2D eigenvalue weighted by atomic mass is 16.5. The minimum Gasteiger partial charge on any atom is -0.497 e. The molecule has 2 aromatic carbocycles. The molecule has 5 rings (SSSR count). The lowest BCUT2D eigenvalue weighted by molar-refractivity contribution is 0.0888. The molecule has 0 aliphatic carbocycles. The van der Waals surface area contributed by atoms with E-state index >= 15 is 0 Å². The normalized spacial score (nSPS) is 16.3. The Balaban J connectivity index is 1.50. The monoisotopic (exact) mass is 518 g/mol. The van der Waals surface area contributed by atoms with E-state index < -0.39 is 0 Å². The third kappa shape index (κ3) is 5.71. The number of pyridine rings is 1. The summed E-state index contributed by atoms with van der Waals surface area (Å²) in [4.78, 5) is 18.5. The summed E-state index contributed by atoms with van der Waals surface area (Å²) in [6, 6.07) is 15.5. The Hall–Kier alpha value is -3.76. The molecule has 1 fully saturated rings. The summed E-state index contributed by atoms with van der Waals surface area (Å²) in [5.41, 5.74) is 2.42. The molecule has 4 aromatic rings. The Bertz CT molecular complexity index is 1410. The fraction of sp³-hybridized carbons (Fsp3) is 0.429. The number of hydrogen-bond donors (Lipinski definition) is 1. The summed E-state index contributed by atoms with van der Waals surface area (Å²) in [5, 5.41) is 13.7. The Morgan fingerprint density at radius 1 is 1.11 bits per heavy atom. The van der Waals surface area contributed by atoms with Crippen LogP contribution in [0.15, 0.2) is 53.3 Å². The molecule has 10 heteroatoms. The van der Waals surface area contributed by atoms with Crippen LogP contribution in [0.3, 0.4) is 0 Å². The van der Waals surface area contributed by atoms with Gasteiger partial charge in [-0.25, -0.2) is 4.68 Å².